The van der Waals surface area contributed by atoms with E-state index in [0.717, 1.165) is 29.8 Å². The van der Waals surface area contributed by atoms with Crippen LogP contribution in [0.25, 0.3) is 11.8 Å². The van der Waals surface area contributed by atoms with E-state index in [0.29, 0.717) is 48.7 Å². The topological polar surface area (TPSA) is 114 Å². The summed E-state index contributed by atoms with van der Waals surface area (Å²) in [7, 11) is 1.74. The third-order valence-corrected chi connectivity index (χ3v) is 5.27. The van der Waals surface area contributed by atoms with Crippen LogP contribution in [0.3, 0.4) is 0 Å². The first-order chi connectivity index (χ1) is 14.9. The van der Waals surface area contributed by atoms with Crippen LogP contribution in [0.1, 0.15) is 43.1 Å². The van der Waals surface area contributed by atoms with Gasteiger partial charge < -0.3 is 15.5 Å². The third-order valence-electron chi connectivity index (χ3n) is 5.27. The van der Waals surface area contributed by atoms with Gasteiger partial charge in [0.15, 0.2) is 0 Å². The number of aliphatic imine (C=N–C) groups is 2. The van der Waals surface area contributed by atoms with Crippen LogP contribution in [0.2, 0.25) is 0 Å². The lowest BCUT2D eigenvalue weighted by molar-refractivity contribution is 0.325. The average molecular weight is 426 g/mol. The van der Waals surface area contributed by atoms with E-state index >= 15 is 0 Å². The number of hydrogen-bond acceptors (Lipinski definition) is 8. The van der Waals surface area contributed by atoms with Crippen molar-refractivity contribution < 1.29 is 4.74 Å². The molecule has 1 saturated carbocycles. The number of hydrogen-bond donors (Lipinski definition) is 3. The summed E-state index contributed by atoms with van der Waals surface area (Å²) >= 11 is 0. The van der Waals surface area contributed by atoms with E-state index < -0.39 is 0 Å². The number of aryl methyl sites for hydroxylation is 1. The number of pyridine rings is 1. The van der Waals surface area contributed by atoms with Crippen LogP contribution in [-0.4, -0.2) is 49.5 Å². The summed E-state index contributed by atoms with van der Waals surface area (Å²) in [6.45, 7) is 12.6. The number of ether oxygens (including phenoxy) is 1. The van der Waals surface area contributed by atoms with Crippen LogP contribution in [0.5, 0.6) is 0 Å². The number of likely N-dealkylation sites (N-methyl/N-ethyl adjacent to an activating group) is 1. The van der Waals surface area contributed by atoms with Crippen molar-refractivity contribution in [1.82, 2.24) is 15.3 Å². The van der Waals surface area contributed by atoms with E-state index in [9.17, 15) is 0 Å². The molecule has 0 spiro atoms. The number of allylic oxidation sites excluding steroid dienone is 1. The van der Waals surface area contributed by atoms with Gasteiger partial charge in [0.2, 0.25) is 5.90 Å². The molecule has 1 aliphatic rings. The summed E-state index contributed by atoms with van der Waals surface area (Å²) in [5.74, 6) is 7.02. The SMILES string of the molecule is C=Cc1ccc(/C(N)=C(\CNCN=C(/C=C(\N=C)C2CCC2)OCC)N(C)N)nc1C. The molecular weight excluding hydrogens is 390 g/mol. The Morgan fingerprint density at radius 1 is 1.42 bits per heavy atom. The summed E-state index contributed by atoms with van der Waals surface area (Å²) in [5, 5.41) is 4.74. The number of rotatable bonds is 11. The standard InChI is InChI=1S/C23H35N7O/c1-6-17-11-12-19(29-16(17)3)23(24)21(30(5)25)14-27-15-28-22(31-7-2)13-20(26-4)18-9-8-10-18/h6,11-13,18,27H,1,4,7-10,14-15,24-25H2,2-3,5H3/b20-13-,23-21-,28-22?. The van der Waals surface area contributed by atoms with Crippen LogP contribution in [-0.2, 0) is 4.74 Å². The van der Waals surface area contributed by atoms with Gasteiger partial charge in [-0.25, -0.2) is 10.8 Å². The quantitative estimate of drug-likeness (QED) is 0.165. The monoisotopic (exact) mass is 425 g/mol. The highest BCUT2D eigenvalue weighted by molar-refractivity contribution is 5.88. The van der Waals surface area contributed by atoms with E-state index in [-0.39, 0.29) is 0 Å². The van der Waals surface area contributed by atoms with Gasteiger partial charge >= 0.3 is 0 Å². The zero-order chi connectivity index (χ0) is 22.8. The van der Waals surface area contributed by atoms with Gasteiger partial charge in [0.05, 0.1) is 30.4 Å². The highest BCUT2D eigenvalue weighted by Crippen LogP contribution is 2.33. The molecule has 0 unspecified atom stereocenters. The molecule has 0 amide bonds. The Labute approximate surface area is 185 Å². The molecule has 1 aromatic heterocycles. The fraction of sp³-hybridized carbons (Fsp3) is 0.435. The van der Waals surface area contributed by atoms with Crippen molar-refractivity contribution in [2.45, 2.75) is 33.1 Å². The van der Waals surface area contributed by atoms with Gasteiger partial charge in [-0.1, -0.05) is 25.1 Å². The molecule has 0 bridgehead atoms. The molecule has 1 heterocycles. The van der Waals surface area contributed by atoms with Crippen molar-refractivity contribution in [2.75, 3.05) is 26.9 Å². The zero-order valence-electron chi connectivity index (χ0n) is 18.9. The van der Waals surface area contributed by atoms with Crippen molar-refractivity contribution in [3.8, 4) is 0 Å². The van der Waals surface area contributed by atoms with E-state index in [1.807, 2.05) is 32.1 Å². The summed E-state index contributed by atoms with van der Waals surface area (Å²) in [6.07, 6.45) is 7.16. The maximum absolute atomic E-state index is 6.37. The number of nitrogens with two attached hydrogens (primary N) is 2. The maximum atomic E-state index is 6.37. The van der Waals surface area contributed by atoms with E-state index in [1.165, 1.54) is 11.4 Å². The van der Waals surface area contributed by atoms with Gasteiger partial charge in [-0.3, -0.25) is 15.3 Å². The fourth-order valence-corrected chi connectivity index (χ4v) is 3.21. The van der Waals surface area contributed by atoms with E-state index in [4.69, 9.17) is 16.3 Å². The summed E-state index contributed by atoms with van der Waals surface area (Å²) in [5.41, 5.74) is 11.0. The molecule has 1 aliphatic carbocycles. The maximum Gasteiger partial charge on any atom is 0.211 e. The lowest BCUT2D eigenvalue weighted by Gasteiger charge is -2.25. The number of aromatic nitrogens is 1. The molecule has 0 aromatic carbocycles. The number of nitrogens with zero attached hydrogens (tertiary/aromatic N) is 4. The Kier molecular flexibility index (Phi) is 9.42. The minimum atomic E-state index is 0.341. The first-order valence-electron chi connectivity index (χ1n) is 10.5. The molecule has 31 heavy (non-hydrogen) atoms. The highest BCUT2D eigenvalue weighted by Gasteiger charge is 2.21. The molecule has 168 valence electrons. The van der Waals surface area contributed by atoms with Crippen LogP contribution in [0.4, 0.5) is 0 Å². The summed E-state index contributed by atoms with van der Waals surface area (Å²) in [4.78, 5) is 13.2. The molecule has 0 saturated heterocycles. The van der Waals surface area contributed by atoms with Gasteiger partial charge in [-0.05, 0) is 45.0 Å². The highest BCUT2D eigenvalue weighted by atomic mass is 16.5. The molecule has 0 aliphatic heterocycles. The average Bonchev–Trinajstić information content (AvgIpc) is 2.71. The van der Waals surface area contributed by atoms with Crippen LogP contribution in [0, 0.1) is 12.8 Å². The van der Waals surface area contributed by atoms with Crippen LogP contribution >= 0.6 is 0 Å². The van der Waals surface area contributed by atoms with Crippen LogP contribution in [0.15, 0.2) is 46.2 Å². The Bertz CT molecular complexity index is 867. The predicted molar refractivity (Wildman–Crippen MR) is 129 cm³/mol. The van der Waals surface area contributed by atoms with E-state index in [1.54, 1.807) is 13.1 Å². The lowest BCUT2D eigenvalue weighted by atomic mass is 9.83. The summed E-state index contributed by atoms with van der Waals surface area (Å²) < 4.78 is 5.66. The minimum absolute atomic E-state index is 0.341. The number of nitrogens with one attached hydrogen (secondary N) is 1. The molecule has 8 nitrogen and oxygen atoms in total. The molecular formula is C23H35N7O. The zero-order valence-corrected chi connectivity index (χ0v) is 18.9. The minimum Gasteiger partial charge on any atom is -0.478 e. The Balaban J connectivity index is 2.10. The molecule has 0 atom stereocenters. The van der Waals surface area contributed by atoms with E-state index in [2.05, 4.69) is 33.6 Å². The Morgan fingerprint density at radius 3 is 2.68 bits per heavy atom. The van der Waals surface area contributed by atoms with Crippen LogP contribution < -0.4 is 16.9 Å². The largest absolute Gasteiger partial charge is 0.478 e. The second-order valence-corrected chi connectivity index (χ2v) is 7.42. The Hall–Kier alpha value is -2.97. The van der Waals surface area contributed by atoms with Gasteiger partial charge in [-0.15, -0.1) is 0 Å². The second kappa shape index (κ2) is 12.0. The lowest BCUT2D eigenvalue weighted by Crippen LogP contribution is -2.34. The van der Waals surface area contributed by atoms with Gasteiger partial charge in [0.25, 0.3) is 0 Å². The predicted octanol–water partition coefficient (Wildman–Crippen LogP) is 2.83. The first kappa shape index (κ1) is 24.3. The molecule has 1 fully saturated rings. The Morgan fingerprint density at radius 2 is 2.16 bits per heavy atom. The van der Waals surface area contributed by atoms with Gasteiger partial charge in [0.1, 0.15) is 0 Å². The van der Waals surface area contributed by atoms with Crippen molar-refractivity contribution in [3.05, 3.63) is 53.1 Å². The second-order valence-electron chi connectivity index (χ2n) is 7.42. The van der Waals surface area contributed by atoms with Crippen molar-refractivity contribution >= 4 is 24.4 Å². The molecule has 8 heteroatoms. The van der Waals surface area contributed by atoms with Crippen molar-refractivity contribution in [1.29, 1.82) is 0 Å². The molecule has 1 aromatic rings. The van der Waals surface area contributed by atoms with Crippen molar-refractivity contribution in [3.63, 3.8) is 0 Å². The van der Waals surface area contributed by atoms with Gasteiger partial charge in [0, 0.05) is 37.0 Å². The van der Waals surface area contributed by atoms with Crippen molar-refractivity contribution in [2.24, 2.45) is 27.5 Å². The third kappa shape index (κ3) is 6.77. The summed E-state index contributed by atoms with van der Waals surface area (Å²) in [6, 6.07) is 3.81. The molecule has 2 rings (SSSR count). The molecule has 5 N–H and O–H groups in total. The normalized spacial score (nSPS) is 15.7. The smallest absolute Gasteiger partial charge is 0.211 e. The number of hydrazine groups is 1. The first-order valence-corrected chi connectivity index (χ1v) is 10.5. The fourth-order valence-electron chi connectivity index (χ4n) is 3.21. The van der Waals surface area contributed by atoms with Gasteiger partial charge in [-0.2, -0.15) is 0 Å². The molecule has 0 radical (unpaired) electrons.